The van der Waals surface area contributed by atoms with Crippen molar-refractivity contribution >= 4 is 52.1 Å². The maximum Gasteiger partial charge on any atom is 0.226 e. The maximum atomic E-state index is 11.8. The number of thiocarbonyl (C=S) groups is 1. The molecule has 0 fully saturated rings. The quantitative estimate of drug-likeness (QED) is 0.420. The van der Waals surface area contributed by atoms with Gasteiger partial charge in [-0.25, -0.2) is 0 Å². The van der Waals surface area contributed by atoms with Crippen molar-refractivity contribution < 1.29 is 9.59 Å². The van der Waals surface area contributed by atoms with E-state index in [-0.39, 0.29) is 16.9 Å². The van der Waals surface area contributed by atoms with E-state index < -0.39 is 0 Å². The van der Waals surface area contributed by atoms with Crippen LogP contribution >= 0.6 is 23.8 Å². The van der Waals surface area contributed by atoms with Crippen molar-refractivity contribution in [3.8, 4) is 0 Å². The molecular formula is C18H26ClN3O2S. The molecule has 0 atom stereocenters. The maximum absolute atomic E-state index is 11.8. The lowest BCUT2D eigenvalue weighted by Gasteiger charge is -2.13. The second-order valence-electron chi connectivity index (χ2n) is 5.81. The molecule has 1 aromatic rings. The van der Waals surface area contributed by atoms with E-state index in [2.05, 4.69) is 22.9 Å². The van der Waals surface area contributed by atoms with Crippen LogP contribution in [-0.2, 0) is 9.59 Å². The predicted octanol–water partition coefficient (Wildman–Crippen LogP) is 4.86. The van der Waals surface area contributed by atoms with Gasteiger partial charge in [-0.05, 0) is 43.3 Å². The Hall–Kier alpha value is -1.66. The molecule has 0 heterocycles. The molecule has 1 rings (SSSR count). The Labute approximate surface area is 159 Å². The third-order valence-electron chi connectivity index (χ3n) is 3.49. The number of rotatable bonds is 9. The summed E-state index contributed by atoms with van der Waals surface area (Å²) in [7, 11) is 0. The average Bonchev–Trinajstić information content (AvgIpc) is 2.55. The summed E-state index contributed by atoms with van der Waals surface area (Å²) in [5.41, 5.74) is 1.16. The van der Waals surface area contributed by atoms with Gasteiger partial charge in [0.05, 0.1) is 10.7 Å². The summed E-state index contributed by atoms with van der Waals surface area (Å²) in [5.74, 6) is -0.171. The number of amides is 2. The van der Waals surface area contributed by atoms with E-state index in [1.807, 2.05) is 6.92 Å². The van der Waals surface area contributed by atoms with Crippen LogP contribution in [0, 0.1) is 0 Å². The molecule has 2 amide bonds. The first kappa shape index (κ1) is 21.4. The number of unbranched alkanes of at least 4 members (excludes halogenated alkanes) is 3. The number of anilines is 2. The molecule has 0 radical (unpaired) electrons. The summed E-state index contributed by atoms with van der Waals surface area (Å²) in [4.78, 5) is 23.5. The number of carbonyl (C=O) groups excluding carboxylic acids is 2. The summed E-state index contributed by atoms with van der Waals surface area (Å²) in [6.45, 7) is 4.07. The van der Waals surface area contributed by atoms with Gasteiger partial charge >= 0.3 is 0 Å². The fourth-order valence-corrected chi connectivity index (χ4v) is 2.59. The molecule has 0 saturated heterocycles. The summed E-state index contributed by atoms with van der Waals surface area (Å²) >= 11 is 11.3. The Bertz CT molecular complexity index is 608. The van der Waals surface area contributed by atoms with Crippen molar-refractivity contribution in [3.63, 3.8) is 0 Å². The molecule has 0 aromatic heterocycles. The van der Waals surface area contributed by atoms with Crippen LogP contribution in [0.1, 0.15) is 58.8 Å². The molecule has 1 aromatic carbocycles. The fourth-order valence-electron chi connectivity index (χ4n) is 2.20. The number of nitrogens with one attached hydrogen (secondary N) is 3. The van der Waals surface area contributed by atoms with Crippen molar-refractivity contribution in [1.82, 2.24) is 5.32 Å². The second kappa shape index (κ2) is 11.8. The van der Waals surface area contributed by atoms with Crippen LogP contribution in [0.3, 0.4) is 0 Å². The van der Waals surface area contributed by atoms with E-state index in [1.165, 1.54) is 0 Å². The van der Waals surface area contributed by atoms with Crippen molar-refractivity contribution in [2.45, 2.75) is 58.8 Å². The summed E-state index contributed by atoms with van der Waals surface area (Å²) in [6.07, 6.45) is 5.82. The van der Waals surface area contributed by atoms with Gasteiger partial charge in [0.15, 0.2) is 5.11 Å². The normalized spacial score (nSPS) is 10.2. The van der Waals surface area contributed by atoms with Gasteiger partial charge in [0.2, 0.25) is 11.8 Å². The minimum absolute atomic E-state index is 0.0567. The van der Waals surface area contributed by atoms with Gasteiger partial charge in [-0.3, -0.25) is 9.59 Å². The molecule has 0 bridgehead atoms. The van der Waals surface area contributed by atoms with E-state index in [0.717, 1.165) is 32.1 Å². The number of halogens is 1. The van der Waals surface area contributed by atoms with Gasteiger partial charge in [0, 0.05) is 18.5 Å². The van der Waals surface area contributed by atoms with Gasteiger partial charge in [-0.15, -0.1) is 0 Å². The van der Waals surface area contributed by atoms with Crippen LogP contribution in [0.2, 0.25) is 5.02 Å². The average molecular weight is 384 g/mol. The van der Waals surface area contributed by atoms with E-state index in [4.69, 9.17) is 23.8 Å². The Balaban J connectivity index is 2.55. The van der Waals surface area contributed by atoms with Crippen molar-refractivity contribution in [3.05, 3.63) is 23.2 Å². The Kier molecular flexibility index (Phi) is 10.1. The molecule has 0 saturated carbocycles. The molecule has 0 aliphatic carbocycles. The predicted molar refractivity (Wildman–Crippen MR) is 108 cm³/mol. The molecule has 0 spiro atoms. The first-order valence-electron chi connectivity index (χ1n) is 8.66. The van der Waals surface area contributed by atoms with Gasteiger partial charge in [-0.2, -0.15) is 0 Å². The molecule has 7 heteroatoms. The van der Waals surface area contributed by atoms with Gasteiger partial charge < -0.3 is 16.0 Å². The van der Waals surface area contributed by atoms with Crippen molar-refractivity contribution in [2.24, 2.45) is 0 Å². The SMILES string of the molecule is CCCCCCC(=O)NC(=S)Nc1cc(NC(=O)CCC)ccc1Cl. The largest absolute Gasteiger partial charge is 0.331 e. The highest BCUT2D eigenvalue weighted by molar-refractivity contribution is 7.80. The van der Waals surface area contributed by atoms with Gasteiger partial charge in [0.25, 0.3) is 0 Å². The topological polar surface area (TPSA) is 70.2 Å². The molecule has 0 unspecified atom stereocenters. The van der Waals surface area contributed by atoms with Crippen molar-refractivity contribution in [2.75, 3.05) is 10.6 Å². The third-order valence-corrected chi connectivity index (χ3v) is 4.02. The molecule has 25 heavy (non-hydrogen) atoms. The minimum Gasteiger partial charge on any atom is -0.331 e. The standard InChI is InChI=1S/C18H26ClN3O2S/c1-3-5-6-7-9-17(24)22-18(25)21-15-12-13(10-11-14(15)19)20-16(23)8-4-2/h10-12H,3-9H2,1-2H3,(H,20,23)(H2,21,22,24,25). The summed E-state index contributed by atoms with van der Waals surface area (Å²) in [6, 6.07) is 5.08. The smallest absolute Gasteiger partial charge is 0.226 e. The van der Waals surface area contributed by atoms with E-state index in [9.17, 15) is 9.59 Å². The fraction of sp³-hybridized carbons (Fsp3) is 0.500. The zero-order valence-electron chi connectivity index (χ0n) is 14.8. The Morgan fingerprint density at radius 2 is 1.76 bits per heavy atom. The highest BCUT2D eigenvalue weighted by atomic mass is 35.5. The number of carbonyl (C=O) groups is 2. The molecule has 5 nitrogen and oxygen atoms in total. The van der Waals surface area contributed by atoms with E-state index in [1.54, 1.807) is 18.2 Å². The number of hydrogen-bond acceptors (Lipinski definition) is 3. The van der Waals surface area contributed by atoms with E-state index in [0.29, 0.717) is 29.2 Å². The Morgan fingerprint density at radius 1 is 1.00 bits per heavy atom. The highest BCUT2D eigenvalue weighted by Crippen LogP contribution is 2.25. The molecule has 3 N–H and O–H groups in total. The lowest BCUT2D eigenvalue weighted by atomic mass is 10.1. The first-order valence-corrected chi connectivity index (χ1v) is 9.45. The first-order chi connectivity index (χ1) is 12.0. The van der Waals surface area contributed by atoms with Crippen LogP contribution < -0.4 is 16.0 Å². The lowest BCUT2D eigenvalue weighted by molar-refractivity contribution is -0.119. The summed E-state index contributed by atoms with van der Waals surface area (Å²) in [5, 5.41) is 9.00. The molecule has 138 valence electrons. The zero-order chi connectivity index (χ0) is 18.7. The van der Waals surface area contributed by atoms with Crippen LogP contribution in [0.4, 0.5) is 11.4 Å². The highest BCUT2D eigenvalue weighted by Gasteiger charge is 2.09. The lowest BCUT2D eigenvalue weighted by Crippen LogP contribution is -2.34. The zero-order valence-corrected chi connectivity index (χ0v) is 16.4. The number of hydrogen-bond donors (Lipinski definition) is 3. The van der Waals surface area contributed by atoms with Crippen LogP contribution in [0.25, 0.3) is 0 Å². The van der Waals surface area contributed by atoms with E-state index >= 15 is 0 Å². The monoisotopic (exact) mass is 383 g/mol. The van der Waals surface area contributed by atoms with Crippen LogP contribution in [0.5, 0.6) is 0 Å². The van der Waals surface area contributed by atoms with Crippen LogP contribution in [0.15, 0.2) is 18.2 Å². The molecule has 0 aliphatic heterocycles. The minimum atomic E-state index is -0.114. The number of benzene rings is 1. The molecule has 0 aliphatic rings. The Morgan fingerprint density at radius 3 is 2.44 bits per heavy atom. The van der Waals surface area contributed by atoms with Gasteiger partial charge in [-0.1, -0.05) is 44.7 Å². The second-order valence-corrected chi connectivity index (χ2v) is 6.62. The third kappa shape index (κ3) is 8.84. The van der Waals surface area contributed by atoms with Crippen LogP contribution in [-0.4, -0.2) is 16.9 Å². The molecular weight excluding hydrogens is 358 g/mol. The summed E-state index contributed by atoms with van der Waals surface area (Å²) < 4.78 is 0. The van der Waals surface area contributed by atoms with Crippen molar-refractivity contribution in [1.29, 1.82) is 0 Å². The van der Waals surface area contributed by atoms with Gasteiger partial charge in [0.1, 0.15) is 0 Å².